The maximum absolute atomic E-state index is 5.90. The van der Waals surface area contributed by atoms with E-state index < -0.39 is 0 Å². The molecule has 0 radical (unpaired) electrons. The van der Waals surface area contributed by atoms with Crippen LogP contribution in [-0.2, 0) is 11.3 Å². The van der Waals surface area contributed by atoms with Crippen molar-refractivity contribution in [2.24, 2.45) is 5.73 Å². The zero-order chi connectivity index (χ0) is 11.0. The summed E-state index contributed by atoms with van der Waals surface area (Å²) in [5.74, 6) is 0. The molecule has 1 spiro atoms. The number of ether oxygens (including phenoxy) is 1. The van der Waals surface area contributed by atoms with Gasteiger partial charge in [-0.25, -0.2) is 4.68 Å². The van der Waals surface area contributed by atoms with E-state index in [4.69, 9.17) is 10.5 Å². The Kier molecular flexibility index (Phi) is 2.44. The Balaban J connectivity index is 1.74. The van der Waals surface area contributed by atoms with Crippen molar-refractivity contribution in [1.29, 1.82) is 0 Å². The molecule has 1 saturated carbocycles. The number of hydrogen-bond acceptors (Lipinski definition) is 4. The molecule has 3 rings (SSSR count). The molecule has 88 valence electrons. The third kappa shape index (κ3) is 1.64. The highest BCUT2D eigenvalue weighted by atomic mass is 16.5. The molecule has 0 bridgehead atoms. The van der Waals surface area contributed by atoms with E-state index in [0.717, 1.165) is 25.1 Å². The lowest BCUT2D eigenvalue weighted by Crippen LogP contribution is -2.46. The minimum Gasteiger partial charge on any atom is -0.375 e. The van der Waals surface area contributed by atoms with Crippen molar-refractivity contribution in [3.05, 3.63) is 11.9 Å². The van der Waals surface area contributed by atoms with Gasteiger partial charge in [0, 0.05) is 13.2 Å². The molecule has 1 aliphatic carbocycles. The number of rotatable bonds is 2. The molecule has 2 fully saturated rings. The molecule has 2 heterocycles. The summed E-state index contributed by atoms with van der Waals surface area (Å²) < 4.78 is 7.88. The van der Waals surface area contributed by atoms with Gasteiger partial charge in [-0.1, -0.05) is 5.21 Å². The van der Waals surface area contributed by atoms with Gasteiger partial charge in [0.05, 0.1) is 23.5 Å². The average molecular weight is 222 g/mol. The minimum absolute atomic E-state index is 0.164. The molecule has 1 unspecified atom stereocenters. The van der Waals surface area contributed by atoms with E-state index in [1.54, 1.807) is 0 Å². The summed E-state index contributed by atoms with van der Waals surface area (Å²) in [5.41, 5.74) is 6.58. The SMILES string of the molecule is NCc1cn(C2CCOC3(CCC3)C2)nn1. The van der Waals surface area contributed by atoms with Gasteiger partial charge >= 0.3 is 0 Å². The van der Waals surface area contributed by atoms with Crippen LogP contribution in [0.25, 0.3) is 0 Å². The molecule has 5 nitrogen and oxygen atoms in total. The quantitative estimate of drug-likeness (QED) is 0.811. The average Bonchev–Trinajstić information content (AvgIpc) is 2.76. The lowest BCUT2D eigenvalue weighted by atomic mass is 9.74. The zero-order valence-corrected chi connectivity index (χ0v) is 9.43. The Morgan fingerprint density at radius 3 is 3.06 bits per heavy atom. The fraction of sp³-hybridized carbons (Fsp3) is 0.818. The van der Waals surface area contributed by atoms with Gasteiger partial charge in [0.2, 0.25) is 0 Å². The van der Waals surface area contributed by atoms with Gasteiger partial charge in [-0.3, -0.25) is 0 Å². The summed E-state index contributed by atoms with van der Waals surface area (Å²) >= 11 is 0. The van der Waals surface area contributed by atoms with Gasteiger partial charge in [0.1, 0.15) is 0 Å². The second-order valence-corrected chi connectivity index (χ2v) is 4.93. The highest BCUT2D eigenvalue weighted by Crippen LogP contribution is 2.45. The lowest BCUT2D eigenvalue weighted by molar-refractivity contribution is -0.141. The van der Waals surface area contributed by atoms with Crippen molar-refractivity contribution in [3.63, 3.8) is 0 Å². The number of hydrogen-bond donors (Lipinski definition) is 1. The first-order chi connectivity index (χ1) is 7.81. The zero-order valence-electron chi connectivity index (χ0n) is 9.43. The molecule has 0 amide bonds. The normalized spacial score (nSPS) is 27.9. The fourth-order valence-corrected chi connectivity index (χ4v) is 2.73. The fourth-order valence-electron chi connectivity index (χ4n) is 2.73. The largest absolute Gasteiger partial charge is 0.375 e. The Hall–Kier alpha value is -0.940. The van der Waals surface area contributed by atoms with E-state index in [1.807, 2.05) is 10.9 Å². The van der Waals surface area contributed by atoms with E-state index in [9.17, 15) is 0 Å². The van der Waals surface area contributed by atoms with Crippen LogP contribution in [0.4, 0.5) is 0 Å². The topological polar surface area (TPSA) is 66.0 Å². The summed E-state index contributed by atoms with van der Waals surface area (Å²) in [5, 5.41) is 8.21. The smallest absolute Gasteiger partial charge is 0.0962 e. The summed E-state index contributed by atoms with van der Waals surface area (Å²) in [6.45, 7) is 1.32. The van der Waals surface area contributed by atoms with Crippen molar-refractivity contribution in [2.75, 3.05) is 6.61 Å². The van der Waals surface area contributed by atoms with E-state index in [-0.39, 0.29) is 5.60 Å². The van der Waals surface area contributed by atoms with Crippen LogP contribution in [-0.4, -0.2) is 27.2 Å². The van der Waals surface area contributed by atoms with Crippen molar-refractivity contribution in [2.45, 2.75) is 50.3 Å². The molecule has 0 aromatic carbocycles. The first-order valence-electron chi connectivity index (χ1n) is 6.06. The minimum atomic E-state index is 0.164. The molecule has 2 aliphatic rings. The Morgan fingerprint density at radius 1 is 1.56 bits per heavy atom. The standard InChI is InChI=1S/C11H18N4O/c12-7-9-8-15(14-13-9)10-2-5-16-11(6-10)3-1-4-11/h8,10H,1-7,12H2. The third-order valence-electron chi connectivity index (χ3n) is 3.87. The number of nitrogens with two attached hydrogens (primary N) is 1. The van der Waals surface area contributed by atoms with Crippen molar-refractivity contribution < 1.29 is 4.74 Å². The molecule has 5 heteroatoms. The highest BCUT2D eigenvalue weighted by Gasteiger charge is 2.43. The molecule has 1 aromatic heterocycles. The number of nitrogens with zero attached hydrogens (tertiary/aromatic N) is 3. The van der Waals surface area contributed by atoms with Gasteiger partial charge in [-0.15, -0.1) is 5.10 Å². The lowest BCUT2D eigenvalue weighted by Gasteiger charge is -2.47. The predicted molar refractivity (Wildman–Crippen MR) is 58.7 cm³/mol. The van der Waals surface area contributed by atoms with Gasteiger partial charge in [0.25, 0.3) is 0 Å². The van der Waals surface area contributed by atoms with Gasteiger partial charge in [0.15, 0.2) is 0 Å². The summed E-state index contributed by atoms with van der Waals surface area (Å²) in [6, 6.07) is 0.446. The van der Waals surface area contributed by atoms with Crippen LogP contribution in [0.5, 0.6) is 0 Å². The van der Waals surface area contributed by atoms with Crippen molar-refractivity contribution in [3.8, 4) is 0 Å². The summed E-state index contributed by atoms with van der Waals surface area (Å²) in [4.78, 5) is 0. The molecule has 1 saturated heterocycles. The van der Waals surface area contributed by atoms with Crippen molar-refractivity contribution in [1.82, 2.24) is 15.0 Å². The van der Waals surface area contributed by atoms with Gasteiger partial charge < -0.3 is 10.5 Å². The van der Waals surface area contributed by atoms with Crippen LogP contribution in [0.15, 0.2) is 6.20 Å². The Labute approximate surface area is 95.0 Å². The van der Waals surface area contributed by atoms with Crippen LogP contribution < -0.4 is 5.73 Å². The second-order valence-electron chi connectivity index (χ2n) is 4.93. The van der Waals surface area contributed by atoms with E-state index >= 15 is 0 Å². The molecule has 1 aromatic rings. The van der Waals surface area contributed by atoms with Gasteiger partial charge in [-0.2, -0.15) is 0 Å². The van der Waals surface area contributed by atoms with Crippen molar-refractivity contribution >= 4 is 0 Å². The first kappa shape index (κ1) is 10.2. The molecule has 2 N–H and O–H groups in total. The highest BCUT2D eigenvalue weighted by molar-refractivity contribution is 4.98. The molecular weight excluding hydrogens is 204 g/mol. The third-order valence-corrected chi connectivity index (χ3v) is 3.87. The van der Waals surface area contributed by atoms with Crippen LogP contribution in [0.1, 0.15) is 43.8 Å². The first-order valence-corrected chi connectivity index (χ1v) is 6.06. The van der Waals surface area contributed by atoms with E-state index in [2.05, 4.69) is 10.3 Å². The van der Waals surface area contributed by atoms with Crippen LogP contribution in [0.3, 0.4) is 0 Å². The Morgan fingerprint density at radius 2 is 2.44 bits per heavy atom. The van der Waals surface area contributed by atoms with E-state index in [0.29, 0.717) is 12.6 Å². The molecule has 1 aliphatic heterocycles. The monoisotopic (exact) mass is 222 g/mol. The summed E-state index contributed by atoms with van der Waals surface area (Å²) in [7, 11) is 0. The Bertz CT molecular complexity index is 372. The van der Waals surface area contributed by atoms with Crippen LogP contribution in [0.2, 0.25) is 0 Å². The van der Waals surface area contributed by atoms with Gasteiger partial charge in [-0.05, 0) is 32.1 Å². The predicted octanol–water partition coefficient (Wildman–Crippen LogP) is 1.01. The van der Waals surface area contributed by atoms with E-state index in [1.165, 1.54) is 19.3 Å². The number of aromatic nitrogens is 3. The molecule has 1 atom stereocenters. The van der Waals surface area contributed by atoms with Crippen LogP contribution >= 0.6 is 0 Å². The molecule has 16 heavy (non-hydrogen) atoms. The van der Waals surface area contributed by atoms with Crippen LogP contribution in [0, 0.1) is 0 Å². The maximum Gasteiger partial charge on any atom is 0.0962 e. The maximum atomic E-state index is 5.90. The summed E-state index contributed by atoms with van der Waals surface area (Å²) in [6.07, 6.45) is 7.82. The molecular formula is C11H18N4O. The second kappa shape index (κ2) is 3.82.